The van der Waals surface area contributed by atoms with Crippen molar-refractivity contribution in [2.24, 2.45) is 0 Å². The van der Waals surface area contributed by atoms with E-state index in [2.05, 4.69) is 57.2 Å². The lowest BCUT2D eigenvalue weighted by atomic mass is 10.1. The van der Waals surface area contributed by atoms with Gasteiger partial charge >= 0.3 is 5.69 Å². The average Bonchev–Trinajstić information content (AvgIpc) is 2.86. The molecule has 9 heteroatoms. The van der Waals surface area contributed by atoms with Gasteiger partial charge < -0.3 is 15.1 Å². The number of nitrogens with one attached hydrogen (secondary N) is 1. The maximum atomic E-state index is 12.1. The number of aryl methyl sites for hydroxylation is 1. The molecule has 5 rings (SSSR count). The number of aromatic nitrogens is 3. The number of fused-ring (bicyclic) bond motifs is 1. The Kier molecular flexibility index (Phi) is 5.67. The van der Waals surface area contributed by atoms with E-state index in [4.69, 9.17) is 0 Å². The highest BCUT2D eigenvalue weighted by Gasteiger charge is 2.30. The molecule has 34 heavy (non-hydrogen) atoms. The van der Waals surface area contributed by atoms with Crippen LogP contribution in [0.1, 0.15) is 11.1 Å². The Morgan fingerprint density at radius 2 is 1.65 bits per heavy atom. The fourth-order valence-electron chi connectivity index (χ4n) is 4.43. The minimum absolute atomic E-state index is 0.129. The molecule has 1 N–H and O–H groups in total. The average molecular weight is 456 g/mol. The summed E-state index contributed by atoms with van der Waals surface area (Å²) < 4.78 is 0. The van der Waals surface area contributed by atoms with Crippen molar-refractivity contribution in [3.63, 3.8) is 0 Å². The van der Waals surface area contributed by atoms with Gasteiger partial charge in [0.2, 0.25) is 11.6 Å². The van der Waals surface area contributed by atoms with Gasteiger partial charge in [0.05, 0.1) is 16.1 Å². The lowest BCUT2D eigenvalue weighted by molar-refractivity contribution is -0.383. The van der Waals surface area contributed by atoms with Crippen LogP contribution in [0.3, 0.4) is 0 Å². The Balaban J connectivity index is 1.43. The van der Waals surface area contributed by atoms with E-state index in [0.717, 1.165) is 24.0 Å². The van der Waals surface area contributed by atoms with Crippen LogP contribution in [0.4, 0.5) is 28.7 Å². The second kappa shape index (κ2) is 8.93. The summed E-state index contributed by atoms with van der Waals surface area (Å²) in [5.41, 5.74) is 4.98. The first-order valence-corrected chi connectivity index (χ1v) is 11.2. The van der Waals surface area contributed by atoms with Crippen molar-refractivity contribution < 1.29 is 4.92 Å². The van der Waals surface area contributed by atoms with Crippen LogP contribution in [0, 0.1) is 24.0 Å². The molecule has 3 heterocycles. The summed E-state index contributed by atoms with van der Waals surface area (Å²) in [6.07, 6.45) is 3.07. The van der Waals surface area contributed by atoms with Gasteiger partial charge in [-0.05, 0) is 43.2 Å². The third kappa shape index (κ3) is 3.96. The van der Waals surface area contributed by atoms with E-state index in [1.807, 2.05) is 35.2 Å². The number of rotatable bonds is 5. The molecule has 9 nitrogen and oxygen atoms in total. The Hall–Kier alpha value is -4.27. The zero-order chi connectivity index (χ0) is 23.7. The quantitative estimate of drug-likeness (QED) is 0.344. The van der Waals surface area contributed by atoms with Crippen molar-refractivity contribution in [2.45, 2.75) is 13.8 Å². The molecule has 0 unspecified atom stereocenters. The molecular formula is C25H25N7O2. The maximum absolute atomic E-state index is 12.1. The molecule has 172 valence electrons. The van der Waals surface area contributed by atoms with Gasteiger partial charge in [0.15, 0.2) is 0 Å². The Morgan fingerprint density at radius 3 is 2.44 bits per heavy atom. The lowest BCUT2D eigenvalue weighted by Gasteiger charge is -2.37. The van der Waals surface area contributed by atoms with E-state index in [-0.39, 0.29) is 11.5 Å². The summed E-state index contributed by atoms with van der Waals surface area (Å²) in [5.74, 6) is 0.487. The number of para-hydroxylation sites is 1. The second-order valence-electron chi connectivity index (χ2n) is 8.35. The fourth-order valence-corrected chi connectivity index (χ4v) is 4.43. The molecular weight excluding hydrogens is 430 g/mol. The van der Waals surface area contributed by atoms with Gasteiger partial charge in [0.1, 0.15) is 6.33 Å². The van der Waals surface area contributed by atoms with Gasteiger partial charge in [-0.3, -0.25) is 15.1 Å². The molecule has 1 fully saturated rings. The van der Waals surface area contributed by atoms with Crippen LogP contribution in [0.5, 0.6) is 0 Å². The summed E-state index contributed by atoms with van der Waals surface area (Å²) in [6, 6.07) is 15.8. The summed E-state index contributed by atoms with van der Waals surface area (Å²) in [5, 5.41) is 16.2. The Labute approximate surface area is 197 Å². The number of nitro groups is 1. The van der Waals surface area contributed by atoms with Crippen LogP contribution in [-0.2, 0) is 0 Å². The number of piperazine rings is 1. The van der Waals surface area contributed by atoms with E-state index in [1.54, 1.807) is 6.20 Å². The molecule has 0 bridgehead atoms. The topological polar surface area (TPSA) is 100 Å². The van der Waals surface area contributed by atoms with Gasteiger partial charge in [0, 0.05) is 43.4 Å². The fraction of sp³-hybridized carbons (Fsp3) is 0.240. The third-order valence-electron chi connectivity index (χ3n) is 6.37. The standard InChI is InChI=1S/C25H25N7O2/c1-17-6-3-10-21(18(17)2)30-12-14-31(15-13-30)25-23(32(33)34)24(27-16-28-25)29-20-9-4-7-19-8-5-11-26-22(19)20/h3-11,16H,12-15H2,1-2H3,(H,27,28,29). The van der Waals surface area contributed by atoms with Crippen molar-refractivity contribution >= 4 is 39.6 Å². The van der Waals surface area contributed by atoms with Crippen LogP contribution < -0.4 is 15.1 Å². The number of benzene rings is 2. The number of pyridine rings is 1. The number of anilines is 4. The monoisotopic (exact) mass is 455 g/mol. The van der Waals surface area contributed by atoms with Crippen molar-refractivity contribution in [3.05, 3.63) is 82.3 Å². The smallest absolute Gasteiger partial charge is 0.353 e. The Bertz CT molecular complexity index is 1360. The van der Waals surface area contributed by atoms with Gasteiger partial charge in [-0.1, -0.05) is 30.3 Å². The summed E-state index contributed by atoms with van der Waals surface area (Å²) in [6.45, 7) is 7.00. The summed E-state index contributed by atoms with van der Waals surface area (Å²) in [7, 11) is 0. The van der Waals surface area contributed by atoms with Crippen LogP contribution in [0.2, 0.25) is 0 Å². The molecule has 1 aliphatic heterocycles. The van der Waals surface area contributed by atoms with E-state index in [1.165, 1.54) is 23.1 Å². The van der Waals surface area contributed by atoms with Gasteiger partial charge in [-0.15, -0.1) is 0 Å². The van der Waals surface area contributed by atoms with E-state index < -0.39 is 4.92 Å². The number of hydrogen-bond acceptors (Lipinski definition) is 8. The van der Waals surface area contributed by atoms with Crippen LogP contribution in [0.25, 0.3) is 10.9 Å². The number of hydrogen-bond donors (Lipinski definition) is 1. The number of nitrogens with zero attached hydrogens (tertiary/aromatic N) is 6. The molecule has 0 aliphatic carbocycles. The predicted octanol–water partition coefficient (Wildman–Crippen LogP) is 4.62. The van der Waals surface area contributed by atoms with E-state index in [0.29, 0.717) is 24.6 Å². The lowest BCUT2D eigenvalue weighted by Crippen LogP contribution is -2.47. The maximum Gasteiger partial charge on any atom is 0.353 e. The van der Waals surface area contributed by atoms with Crippen LogP contribution >= 0.6 is 0 Å². The second-order valence-corrected chi connectivity index (χ2v) is 8.35. The first-order valence-electron chi connectivity index (χ1n) is 11.2. The SMILES string of the molecule is Cc1cccc(N2CCN(c3ncnc(Nc4cccc5cccnc45)c3[N+](=O)[O-])CC2)c1C. The van der Waals surface area contributed by atoms with Crippen molar-refractivity contribution in [1.82, 2.24) is 15.0 Å². The molecule has 0 radical (unpaired) electrons. The molecule has 4 aromatic rings. The molecule has 0 saturated carbocycles. The zero-order valence-corrected chi connectivity index (χ0v) is 19.1. The largest absolute Gasteiger partial charge is 0.368 e. The van der Waals surface area contributed by atoms with Gasteiger partial charge in [-0.25, -0.2) is 9.97 Å². The molecule has 0 spiro atoms. The first kappa shape index (κ1) is 21.6. The van der Waals surface area contributed by atoms with Gasteiger partial charge in [0.25, 0.3) is 0 Å². The van der Waals surface area contributed by atoms with Crippen molar-refractivity contribution in [2.75, 3.05) is 41.3 Å². The highest BCUT2D eigenvalue weighted by atomic mass is 16.6. The molecule has 0 atom stereocenters. The van der Waals surface area contributed by atoms with E-state index >= 15 is 0 Å². The van der Waals surface area contributed by atoms with E-state index in [9.17, 15) is 10.1 Å². The minimum atomic E-state index is -0.409. The van der Waals surface area contributed by atoms with Crippen LogP contribution in [0.15, 0.2) is 61.1 Å². The zero-order valence-electron chi connectivity index (χ0n) is 19.1. The van der Waals surface area contributed by atoms with Crippen molar-refractivity contribution in [3.8, 4) is 0 Å². The molecule has 0 amide bonds. The first-order chi connectivity index (χ1) is 16.5. The van der Waals surface area contributed by atoms with Gasteiger partial charge in [-0.2, -0.15) is 0 Å². The molecule has 2 aromatic carbocycles. The summed E-state index contributed by atoms with van der Waals surface area (Å²) in [4.78, 5) is 29.0. The highest BCUT2D eigenvalue weighted by molar-refractivity contribution is 5.92. The Morgan fingerprint density at radius 1 is 0.912 bits per heavy atom. The predicted molar refractivity (Wildman–Crippen MR) is 134 cm³/mol. The summed E-state index contributed by atoms with van der Waals surface area (Å²) >= 11 is 0. The minimum Gasteiger partial charge on any atom is -0.368 e. The third-order valence-corrected chi connectivity index (χ3v) is 6.37. The van der Waals surface area contributed by atoms with Crippen LogP contribution in [-0.4, -0.2) is 46.1 Å². The normalized spacial score (nSPS) is 13.8. The highest BCUT2D eigenvalue weighted by Crippen LogP contribution is 2.35. The molecule has 1 aliphatic rings. The van der Waals surface area contributed by atoms with Crippen molar-refractivity contribution in [1.29, 1.82) is 0 Å². The molecule has 2 aromatic heterocycles. The molecule has 1 saturated heterocycles.